The molecule has 0 amide bonds. The molecule has 0 aromatic rings. The highest BCUT2D eigenvalue weighted by molar-refractivity contribution is 5.25. The standard InChI is InChI=1S/C19H30O3/c1-18-7-5-12(20)9-11(18)3-4-13-14(18)6-8-19(2)15(13)10-16(21)17(19)22/h3,12-17,20-22H,4-10H2,1-2H3/t12-,13-,14+,15+,16+,17+,18?,19+/m1/s1. The van der Waals surface area contributed by atoms with E-state index in [4.69, 9.17) is 0 Å². The molecule has 3 nitrogen and oxygen atoms in total. The largest absolute Gasteiger partial charge is 0.393 e. The summed E-state index contributed by atoms with van der Waals surface area (Å²) in [6.07, 6.45) is 8.04. The molecule has 4 aliphatic carbocycles. The molecule has 3 N–H and O–H groups in total. The van der Waals surface area contributed by atoms with Gasteiger partial charge >= 0.3 is 0 Å². The number of hydrogen-bond acceptors (Lipinski definition) is 3. The monoisotopic (exact) mass is 306 g/mol. The number of aliphatic hydroxyl groups excluding tert-OH is 3. The second-order valence-corrected chi connectivity index (χ2v) is 8.95. The van der Waals surface area contributed by atoms with E-state index >= 15 is 0 Å². The molecule has 3 saturated carbocycles. The van der Waals surface area contributed by atoms with Gasteiger partial charge in [0.1, 0.15) is 0 Å². The SMILES string of the molecule is CC12CC[C@@H](O)CC1=CC[C@@H]1[C@@H]2CC[C@]2(C)[C@@H](O)[C@@H](O)C[C@@H]12. The van der Waals surface area contributed by atoms with Crippen LogP contribution in [0.4, 0.5) is 0 Å². The summed E-state index contributed by atoms with van der Waals surface area (Å²) in [5, 5.41) is 30.7. The predicted octanol–water partition coefficient (Wildman–Crippen LogP) is 2.64. The van der Waals surface area contributed by atoms with Crippen molar-refractivity contribution in [3.05, 3.63) is 11.6 Å². The van der Waals surface area contributed by atoms with E-state index in [1.807, 2.05) is 0 Å². The van der Waals surface area contributed by atoms with Crippen LogP contribution in [0.25, 0.3) is 0 Å². The lowest BCUT2D eigenvalue weighted by Crippen LogP contribution is -2.51. The molecule has 0 heterocycles. The Morgan fingerprint density at radius 2 is 1.82 bits per heavy atom. The van der Waals surface area contributed by atoms with Gasteiger partial charge in [-0.1, -0.05) is 25.5 Å². The first kappa shape index (κ1) is 15.2. The van der Waals surface area contributed by atoms with Crippen LogP contribution in [0.3, 0.4) is 0 Å². The molecule has 1 unspecified atom stereocenters. The third-order valence-electron chi connectivity index (χ3n) is 8.05. The maximum Gasteiger partial charge on any atom is 0.0855 e. The molecule has 0 saturated heterocycles. The molecule has 0 aromatic carbocycles. The van der Waals surface area contributed by atoms with Gasteiger partial charge in [0, 0.05) is 0 Å². The highest BCUT2D eigenvalue weighted by Crippen LogP contribution is 2.64. The molecule has 3 fully saturated rings. The van der Waals surface area contributed by atoms with E-state index in [0.717, 1.165) is 44.9 Å². The van der Waals surface area contributed by atoms with Gasteiger partial charge < -0.3 is 15.3 Å². The molecule has 0 bridgehead atoms. The summed E-state index contributed by atoms with van der Waals surface area (Å²) < 4.78 is 0. The molecule has 3 heteroatoms. The molecular weight excluding hydrogens is 276 g/mol. The van der Waals surface area contributed by atoms with E-state index in [-0.39, 0.29) is 16.9 Å². The van der Waals surface area contributed by atoms with Crippen molar-refractivity contribution in [3.63, 3.8) is 0 Å². The average molecular weight is 306 g/mol. The van der Waals surface area contributed by atoms with Gasteiger partial charge in [-0.05, 0) is 73.5 Å². The first-order chi connectivity index (χ1) is 10.4. The van der Waals surface area contributed by atoms with Crippen LogP contribution in [0.15, 0.2) is 11.6 Å². The second kappa shape index (κ2) is 4.81. The fourth-order valence-electron chi connectivity index (χ4n) is 6.63. The van der Waals surface area contributed by atoms with Crippen molar-refractivity contribution in [2.75, 3.05) is 0 Å². The van der Waals surface area contributed by atoms with E-state index in [1.165, 1.54) is 5.57 Å². The Morgan fingerprint density at radius 1 is 1.05 bits per heavy atom. The van der Waals surface area contributed by atoms with Gasteiger partial charge in [0.05, 0.1) is 18.3 Å². The van der Waals surface area contributed by atoms with E-state index in [2.05, 4.69) is 19.9 Å². The lowest BCUT2D eigenvalue weighted by molar-refractivity contribution is -0.0817. The van der Waals surface area contributed by atoms with Gasteiger partial charge in [0.25, 0.3) is 0 Å². The fraction of sp³-hybridized carbons (Fsp3) is 0.895. The number of allylic oxidation sites excluding steroid dienone is 1. The third kappa shape index (κ3) is 1.85. The third-order valence-corrected chi connectivity index (χ3v) is 8.05. The summed E-state index contributed by atoms with van der Waals surface area (Å²) in [6.45, 7) is 4.60. The second-order valence-electron chi connectivity index (χ2n) is 8.95. The van der Waals surface area contributed by atoms with Crippen LogP contribution in [-0.4, -0.2) is 33.6 Å². The molecule has 0 radical (unpaired) electrons. The Labute approximate surface area is 133 Å². The summed E-state index contributed by atoms with van der Waals surface area (Å²) in [7, 11) is 0. The van der Waals surface area contributed by atoms with Gasteiger partial charge in [-0.3, -0.25) is 0 Å². The zero-order chi connectivity index (χ0) is 15.7. The quantitative estimate of drug-likeness (QED) is 0.603. The topological polar surface area (TPSA) is 60.7 Å². The first-order valence-corrected chi connectivity index (χ1v) is 9.10. The number of rotatable bonds is 0. The zero-order valence-corrected chi connectivity index (χ0v) is 13.8. The van der Waals surface area contributed by atoms with Crippen molar-refractivity contribution >= 4 is 0 Å². The Morgan fingerprint density at radius 3 is 2.59 bits per heavy atom. The Kier molecular flexibility index (Phi) is 3.32. The Bertz CT molecular complexity index is 501. The van der Waals surface area contributed by atoms with E-state index < -0.39 is 12.2 Å². The molecule has 0 spiro atoms. The summed E-state index contributed by atoms with van der Waals surface area (Å²) in [5.74, 6) is 1.70. The molecule has 0 aromatic heterocycles. The minimum atomic E-state index is -0.551. The maximum absolute atomic E-state index is 10.5. The molecule has 124 valence electrons. The normalized spacial score (nSPS) is 57.6. The van der Waals surface area contributed by atoms with Crippen molar-refractivity contribution in [1.29, 1.82) is 0 Å². The van der Waals surface area contributed by atoms with Crippen molar-refractivity contribution in [1.82, 2.24) is 0 Å². The first-order valence-electron chi connectivity index (χ1n) is 9.10. The summed E-state index contributed by atoms with van der Waals surface area (Å²) >= 11 is 0. The molecular formula is C19H30O3. The average Bonchev–Trinajstić information content (AvgIpc) is 2.72. The smallest absolute Gasteiger partial charge is 0.0855 e. The van der Waals surface area contributed by atoms with E-state index in [1.54, 1.807) is 0 Å². The van der Waals surface area contributed by atoms with Crippen molar-refractivity contribution < 1.29 is 15.3 Å². The molecule has 4 aliphatic rings. The van der Waals surface area contributed by atoms with E-state index in [9.17, 15) is 15.3 Å². The van der Waals surface area contributed by atoms with Gasteiger partial charge in [-0.25, -0.2) is 0 Å². The minimum absolute atomic E-state index is 0.101. The van der Waals surface area contributed by atoms with Crippen LogP contribution in [0.1, 0.15) is 58.8 Å². The van der Waals surface area contributed by atoms with Gasteiger partial charge in [-0.15, -0.1) is 0 Å². The van der Waals surface area contributed by atoms with Crippen LogP contribution < -0.4 is 0 Å². The van der Waals surface area contributed by atoms with Crippen molar-refractivity contribution in [2.24, 2.45) is 28.6 Å². The number of hydrogen-bond donors (Lipinski definition) is 3. The van der Waals surface area contributed by atoms with Gasteiger partial charge in [0.15, 0.2) is 0 Å². The van der Waals surface area contributed by atoms with Crippen LogP contribution in [-0.2, 0) is 0 Å². The van der Waals surface area contributed by atoms with Crippen LogP contribution in [0, 0.1) is 28.6 Å². The predicted molar refractivity (Wildman–Crippen MR) is 85.1 cm³/mol. The minimum Gasteiger partial charge on any atom is -0.393 e. The van der Waals surface area contributed by atoms with Crippen LogP contribution in [0.5, 0.6) is 0 Å². The molecule has 4 rings (SSSR count). The molecule has 22 heavy (non-hydrogen) atoms. The highest BCUT2D eigenvalue weighted by atomic mass is 16.3. The number of fused-ring (bicyclic) bond motifs is 5. The molecule has 8 atom stereocenters. The Hall–Kier alpha value is -0.380. The maximum atomic E-state index is 10.5. The summed E-state index contributed by atoms with van der Waals surface area (Å²) in [6, 6.07) is 0. The van der Waals surface area contributed by atoms with Gasteiger partial charge in [-0.2, -0.15) is 0 Å². The van der Waals surface area contributed by atoms with Gasteiger partial charge in [0.2, 0.25) is 0 Å². The summed E-state index contributed by atoms with van der Waals surface area (Å²) in [5.41, 5.74) is 1.62. The lowest BCUT2D eigenvalue weighted by atomic mass is 9.48. The van der Waals surface area contributed by atoms with Crippen LogP contribution in [0.2, 0.25) is 0 Å². The fourth-order valence-corrected chi connectivity index (χ4v) is 6.63. The Balaban J connectivity index is 1.68. The zero-order valence-electron chi connectivity index (χ0n) is 13.8. The van der Waals surface area contributed by atoms with Crippen LogP contribution >= 0.6 is 0 Å². The van der Waals surface area contributed by atoms with Crippen molar-refractivity contribution in [2.45, 2.75) is 77.1 Å². The molecule has 0 aliphatic heterocycles. The number of aliphatic hydroxyl groups is 3. The summed E-state index contributed by atoms with van der Waals surface area (Å²) in [4.78, 5) is 0. The van der Waals surface area contributed by atoms with E-state index in [0.29, 0.717) is 17.8 Å². The lowest BCUT2D eigenvalue weighted by Gasteiger charge is -2.57. The highest BCUT2D eigenvalue weighted by Gasteiger charge is 2.60. The van der Waals surface area contributed by atoms with Crippen molar-refractivity contribution in [3.8, 4) is 0 Å².